The molecule has 1 aliphatic heterocycles. The Morgan fingerprint density at radius 1 is 1.23 bits per heavy atom. The first-order valence-electron chi connectivity index (χ1n) is 9.68. The van der Waals surface area contributed by atoms with Crippen molar-refractivity contribution < 1.29 is 28.1 Å². The average molecular weight is 447 g/mol. The van der Waals surface area contributed by atoms with E-state index in [1.807, 2.05) is 0 Å². The molecule has 3 heterocycles. The van der Waals surface area contributed by atoms with Crippen molar-refractivity contribution in [3.63, 3.8) is 0 Å². The third-order valence-corrected chi connectivity index (χ3v) is 7.07. The minimum absolute atomic E-state index is 0.106. The molecule has 1 saturated heterocycles. The summed E-state index contributed by atoms with van der Waals surface area (Å²) in [5.74, 6) is -1.28. The summed E-state index contributed by atoms with van der Waals surface area (Å²) in [7, 11) is -1.97. The molecular formula is C21H22FN3O5S. The molecular weight excluding hydrogens is 425 g/mol. The molecule has 0 spiro atoms. The molecule has 3 aromatic rings. The number of nitrogens with zero attached hydrogens (tertiary/aromatic N) is 3. The molecule has 0 radical (unpaired) electrons. The number of fused-ring (bicyclic) bond motifs is 1. The van der Waals surface area contributed by atoms with Gasteiger partial charge in [-0.1, -0.05) is 12.1 Å². The monoisotopic (exact) mass is 447 g/mol. The Hall–Kier alpha value is -2.95. The van der Waals surface area contributed by atoms with Crippen LogP contribution in [0.4, 0.5) is 10.2 Å². The van der Waals surface area contributed by atoms with Crippen molar-refractivity contribution in [2.45, 2.75) is 19.3 Å². The summed E-state index contributed by atoms with van der Waals surface area (Å²) < 4.78 is 40.6. The van der Waals surface area contributed by atoms with E-state index in [1.54, 1.807) is 24.4 Å². The van der Waals surface area contributed by atoms with Gasteiger partial charge in [-0.25, -0.2) is 14.2 Å². The Morgan fingerprint density at radius 3 is 2.65 bits per heavy atom. The molecule has 1 aromatic carbocycles. The summed E-state index contributed by atoms with van der Waals surface area (Å²) in [6.45, 7) is 0.331. The smallest absolute Gasteiger partial charge is 0.360 e. The van der Waals surface area contributed by atoms with Gasteiger partial charge in [0.2, 0.25) is 0 Å². The highest BCUT2D eigenvalue weighted by Crippen LogP contribution is 2.51. The molecule has 1 fully saturated rings. The number of pyridine rings is 2. The molecule has 2 aromatic heterocycles. The SMILES string of the molecule is COC(=O)c1nc(N2CCCCS2(O)O)c2cc(Cc3ccc(F)cc3)cnc2c1O. The number of methoxy groups -OCH3 is 1. The van der Waals surface area contributed by atoms with E-state index >= 15 is 0 Å². The van der Waals surface area contributed by atoms with Crippen LogP contribution < -0.4 is 4.31 Å². The summed E-state index contributed by atoms with van der Waals surface area (Å²) in [6, 6.07) is 7.80. The molecule has 1 aliphatic rings. The molecule has 0 amide bonds. The Bertz CT molecular complexity index is 1140. The molecule has 0 atom stereocenters. The highest BCUT2D eigenvalue weighted by atomic mass is 32.3. The van der Waals surface area contributed by atoms with E-state index in [0.717, 1.165) is 17.5 Å². The summed E-state index contributed by atoms with van der Waals surface area (Å²) >= 11 is 0. The first-order chi connectivity index (χ1) is 14.8. The Labute approximate surface area is 179 Å². The number of anilines is 1. The van der Waals surface area contributed by atoms with Gasteiger partial charge in [-0.2, -0.15) is 0 Å². The van der Waals surface area contributed by atoms with E-state index in [4.69, 9.17) is 4.74 Å². The van der Waals surface area contributed by atoms with Crippen molar-refractivity contribution in [1.82, 2.24) is 9.97 Å². The predicted molar refractivity (Wildman–Crippen MR) is 116 cm³/mol. The van der Waals surface area contributed by atoms with Crippen LogP contribution in [0.3, 0.4) is 0 Å². The second-order valence-corrected chi connectivity index (χ2v) is 9.43. The lowest BCUT2D eigenvalue weighted by Crippen LogP contribution is -2.35. The number of rotatable bonds is 4. The zero-order valence-corrected chi connectivity index (χ0v) is 17.6. The maximum atomic E-state index is 13.2. The lowest BCUT2D eigenvalue weighted by atomic mass is 10.0. The van der Waals surface area contributed by atoms with Crippen LogP contribution in [0.2, 0.25) is 0 Å². The van der Waals surface area contributed by atoms with Gasteiger partial charge in [0.1, 0.15) is 11.3 Å². The Kier molecular flexibility index (Phi) is 5.69. The fourth-order valence-corrected chi connectivity index (χ4v) is 5.26. The van der Waals surface area contributed by atoms with Gasteiger partial charge in [0.25, 0.3) is 0 Å². The van der Waals surface area contributed by atoms with Crippen molar-refractivity contribution in [3.8, 4) is 5.75 Å². The molecule has 0 aliphatic carbocycles. The molecule has 164 valence electrons. The number of carbonyl (C=O) groups excluding carboxylic acids is 1. The number of ether oxygens (including phenoxy) is 1. The normalized spacial score (nSPS) is 16.8. The van der Waals surface area contributed by atoms with Crippen molar-refractivity contribution >= 4 is 33.5 Å². The maximum absolute atomic E-state index is 13.2. The molecule has 0 saturated carbocycles. The summed E-state index contributed by atoms with van der Waals surface area (Å²) in [6.07, 6.45) is 3.37. The topological polar surface area (TPSA) is 116 Å². The van der Waals surface area contributed by atoms with Gasteiger partial charge in [0.15, 0.2) is 17.3 Å². The number of esters is 1. The van der Waals surface area contributed by atoms with E-state index in [2.05, 4.69) is 9.97 Å². The quantitative estimate of drug-likeness (QED) is 0.512. The lowest BCUT2D eigenvalue weighted by Gasteiger charge is -2.47. The van der Waals surface area contributed by atoms with Gasteiger partial charge in [0, 0.05) is 18.1 Å². The van der Waals surface area contributed by atoms with E-state index in [1.165, 1.54) is 23.5 Å². The van der Waals surface area contributed by atoms with E-state index in [-0.39, 0.29) is 28.6 Å². The second-order valence-electron chi connectivity index (χ2n) is 7.31. The summed E-state index contributed by atoms with van der Waals surface area (Å²) in [4.78, 5) is 20.8. The van der Waals surface area contributed by atoms with Crippen molar-refractivity contribution in [1.29, 1.82) is 0 Å². The van der Waals surface area contributed by atoms with Crippen molar-refractivity contribution in [3.05, 3.63) is 59.2 Å². The average Bonchev–Trinajstić information content (AvgIpc) is 2.75. The fraction of sp³-hybridized carbons (Fsp3) is 0.286. The Balaban J connectivity index is 1.87. The summed E-state index contributed by atoms with van der Waals surface area (Å²) in [5.41, 5.74) is 1.37. The number of benzene rings is 1. The van der Waals surface area contributed by atoms with Crippen LogP contribution in [-0.2, 0) is 11.2 Å². The number of carbonyl (C=O) groups is 1. The van der Waals surface area contributed by atoms with Gasteiger partial charge < -0.3 is 9.84 Å². The van der Waals surface area contributed by atoms with Crippen LogP contribution in [0.15, 0.2) is 36.5 Å². The van der Waals surface area contributed by atoms with Gasteiger partial charge in [-0.05, 0) is 48.6 Å². The van der Waals surface area contributed by atoms with Crippen LogP contribution in [-0.4, -0.2) is 49.6 Å². The lowest BCUT2D eigenvalue weighted by molar-refractivity contribution is 0.0591. The van der Waals surface area contributed by atoms with E-state index in [9.17, 15) is 23.4 Å². The molecule has 10 heteroatoms. The predicted octanol–water partition coefficient (Wildman–Crippen LogP) is 4.12. The molecule has 3 N–H and O–H groups in total. The number of halogens is 1. The van der Waals surface area contributed by atoms with Gasteiger partial charge in [-0.3, -0.25) is 18.4 Å². The number of aromatic nitrogens is 2. The van der Waals surface area contributed by atoms with E-state index < -0.39 is 22.5 Å². The molecule has 31 heavy (non-hydrogen) atoms. The highest BCUT2D eigenvalue weighted by molar-refractivity contribution is 8.25. The van der Waals surface area contributed by atoms with Crippen LogP contribution >= 0.6 is 10.8 Å². The standard InChI is InChI=1S/C21H22FN3O5S/c1-30-21(27)18-19(26)17-16(20(24-18)25-8-2-3-9-31(25,28)29)11-14(12-23-17)10-13-4-6-15(22)7-5-13/h4-7,11-12,26,28-29H,2-3,8-10H2,1H3. The first kappa shape index (κ1) is 21.3. The number of aromatic hydroxyl groups is 1. The zero-order chi connectivity index (χ0) is 22.2. The first-order valence-corrected chi connectivity index (χ1v) is 11.4. The van der Waals surface area contributed by atoms with Crippen LogP contribution in [0.1, 0.15) is 34.5 Å². The second kappa shape index (κ2) is 8.29. The van der Waals surface area contributed by atoms with Crippen LogP contribution in [0, 0.1) is 5.82 Å². The van der Waals surface area contributed by atoms with Crippen LogP contribution in [0.5, 0.6) is 5.75 Å². The Morgan fingerprint density at radius 2 is 1.97 bits per heavy atom. The van der Waals surface area contributed by atoms with Crippen LogP contribution in [0.25, 0.3) is 10.9 Å². The van der Waals surface area contributed by atoms with Crippen molar-refractivity contribution in [2.24, 2.45) is 0 Å². The third-order valence-electron chi connectivity index (χ3n) is 5.17. The van der Waals surface area contributed by atoms with Crippen molar-refractivity contribution in [2.75, 3.05) is 23.7 Å². The maximum Gasteiger partial charge on any atom is 0.360 e. The largest absolute Gasteiger partial charge is 0.504 e. The van der Waals surface area contributed by atoms with E-state index in [0.29, 0.717) is 24.8 Å². The number of hydrogen-bond donors (Lipinski definition) is 3. The minimum Gasteiger partial charge on any atom is -0.504 e. The fourth-order valence-electron chi connectivity index (χ4n) is 3.61. The molecule has 4 rings (SSSR count). The number of hydrogen-bond acceptors (Lipinski definition) is 8. The van der Waals surface area contributed by atoms with Gasteiger partial charge in [-0.15, -0.1) is 10.8 Å². The minimum atomic E-state index is -3.14. The molecule has 0 bridgehead atoms. The summed E-state index contributed by atoms with van der Waals surface area (Å²) in [5, 5.41) is 11.0. The molecule has 0 unspecified atom stereocenters. The van der Waals surface area contributed by atoms with Gasteiger partial charge >= 0.3 is 5.97 Å². The van der Waals surface area contributed by atoms with Gasteiger partial charge in [0.05, 0.1) is 12.9 Å². The third kappa shape index (κ3) is 4.14. The zero-order valence-electron chi connectivity index (χ0n) is 16.8. The highest BCUT2D eigenvalue weighted by Gasteiger charge is 2.32. The molecule has 8 nitrogen and oxygen atoms in total.